The number of carbonyl (C=O) groups is 1. The molecule has 2 fully saturated rings. The Morgan fingerprint density at radius 1 is 1.27 bits per heavy atom. The maximum absolute atomic E-state index is 12.4. The van der Waals surface area contributed by atoms with Gasteiger partial charge in [-0.15, -0.1) is 0 Å². The van der Waals surface area contributed by atoms with Gasteiger partial charge < -0.3 is 9.47 Å². The fraction of sp³-hybridized carbons (Fsp3) is 0.917. The Hall–Kier alpha value is -0.410. The fourth-order valence-electron chi connectivity index (χ4n) is 2.81. The van der Waals surface area contributed by atoms with Crippen molar-refractivity contribution >= 4 is 5.78 Å². The number of hydrogen-bond acceptors (Lipinski definition) is 3. The first-order chi connectivity index (χ1) is 7.28. The summed E-state index contributed by atoms with van der Waals surface area (Å²) in [5.41, 5.74) is -0.521. The molecule has 0 amide bonds. The molecule has 1 aliphatic heterocycles. The second-order valence-corrected chi connectivity index (χ2v) is 4.66. The van der Waals surface area contributed by atoms with Crippen molar-refractivity contribution in [2.45, 2.75) is 44.1 Å². The molecule has 0 aromatic heterocycles. The maximum atomic E-state index is 12.4. The Kier molecular flexibility index (Phi) is 3.42. The molecule has 3 nitrogen and oxygen atoms in total. The van der Waals surface area contributed by atoms with Crippen LogP contribution in [0.25, 0.3) is 0 Å². The van der Waals surface area contributed by atoms with Gasteiger partial charge in [-0.3, -0.25) is 4.79 Å². The minimum Gasteiger partial charge on any atom is -0.381 e. The van der Waals surface area contributed by atoms with Crippen LogP contribution in [0.2, 0.25) is 0 Å². The molecule has 3 heteroatoms. The SMILES string of the molecule is COC1(C(=O)C2CCCC2)CCOCC1. The van der Waals surface area contributed by atoms with Crippen molar-refractivity contribution < 1.29 is 14.3 Å². The Labute approximate surface area is 91.1 Å². The van der Waals surface area contributed by atoms with Crippen molar-refractivity contribution in [3.63, 3.8) is 0 Å². The molecular formula is C12H20O3. The zero-order valence-electron chi connectivity index (χ0n) is 9.46. The Bertz CT molecular complexity index is 225. The van der Waals surface area contributed by atoms with Crippen LogP contribution in [-0.4, -0.2) is 31.7 Å². The van der Waals surface area contributed by atoms with Gasteiger partial charge in [-0.25, -0.2) is 0 Å². The molecule has 1 saturated heterocycles. The molecule has 0 aromatic carbocycles. The second-order valence-electron chi connectivity index (χ2n) is 4.66. The van der Waals surface area contributed by atoms with Crippen LogP contribution in [0.3, 0.4) is 0 Å². The highest BCUT2D eigenvalue weighted by molar-refractivity contribution is 5.89. The average molecular weight is 212 g/mol. The Balaban J connectivity index is 2.06. The van der Waals surface area contributed by atoms with Gasteiger partial charge in [0, 0.05) is 39.1 Å². The van der Waals surface area contributed by atoms with Crippen molar-refractivity contribution in [2.75, 3.05) is 20.3 Å². The Morgan fingerprint density at radius 2 is 1.87 bits per heavy atom. The number of ketones is 1. The van der Waals surface area contributed by atoms with Crippen molar-refractivity contribution in [3.05, 3.63) is 0 Å². The normalized spacial score (nSPS) is 26.7. The lowest BCUT2D eigenvalue weighted by molar-refractivity contribution is -0.156. The lowest BCUT2D eigenvalue weighted by atomic mass is 9.82. The monoisotopic (exact) mass is 212 g/mol. The van der Waals surface area contributed by atoms with Crippen LogP contribution in [0.4, 0.5) is 0 Å². The van der Waals surface area contributed by atoms with Gasteiger partial charge in [-0.1, -0.05) is 12.8 Å². The van der Waals surface area contributed by atoms with E-state index in [1.165, 1.54) is 12.8 Å². The van der Waals surface area contributed by atoms with Crippen LogP contribution in [0, 0.1) is 5.92 Å². The molecule has 0 atom stereocenters. The van der Waals surface area contributed by atoms with Gasteiger partial charge >= 0.3 is 0 Å². The number of methoxy groups -OCH3 is 1. The van der Waals surface area contributed by atoms with Crippen LogP contribution in [0.15, 0.2) is 0 Å². The van der Waals surface area contributed by atoms with Crippen LogP contribution in [-0.2, 0) is 14.3 Å². The molecule has 1 saturated carbocycles. The van der Waals surface area contributed by atoms with E-state index < -0.39 is 5.60 Å². The van der Waals surface area contributed by atoms with Crippen LogP contribution >= 0.6 is 0 Å². The van der Waals surface area contributed by atoms with Gasteiger partial charge in [0.15, 0.2) is 5.78 Å². The third-order valence-electron chi connectivity index (χ3n) is 3.87. The van der Waals surface area contributed by atoms with Crippen LogP contribution in [0.5, 0.6) is 0 Å². The highest BCUT2D eigenvalue weighted by Gasteiger charge is 2.43. The summed E-state index contributed by atoms with van der Waals surface area (Å²) in [7, 11) is 1.66. The lowest BCUT2D eigenvalue weighted by Gasteiger charge is -2.36. The van der Waals surface area contributed by atoms with Gasteiger partial charge in [0.2, 0.25) is 0 Å². The third-order valence-corrected chi connectivity index (χ3v) is 3.87. The highest BCUT2D eigenvalue weighted by Crippen LogP contribution is 2.35. The first-order valence-corrected chi connectivity index (χ1v) is 5.96. The van der Waals surface area contributed by atoms with Gasteiger partial charge in [-0.2, -0.15) is 0 Å². The summed E-state index contributed by atoms with van der Waals surface area (Å²) in [6.45, 7) is 1.32. The smallest absolute Gasteiger partial charge is 0.167 e. The Morgan fingerprint density at radius 3 is 2.40 bits per heavy atom. The zero-order chi connectivity index (χ0) is 10.7. The molecule has 0 aromatic rings. The number of hydrogen-bond donors (Lipinski definition) is 0. The fourth-order valence-corrected chi connectivity index (χ4v) is 2.81. The number of carbonyl (C=O) groups excluding carboxylic acids is 1. The molecule has 1 heterocycles. The topological polar surface area (TPSA) is 35.5 Å². The average Bonchev–Trinajstić information content (AvgIpc) is 2.82. The predicted octanol–water partition coefficient (Wildman–Crippen LogP) is 1.94. The molecule has 1 aliphatic carbocycles. The molecule has 86 valence electrons. The standard InChI is InChI=1S/C12H20O3/c1-14-12(6-8-15-9-7-12)11(13)10-4-2-3-5-10/h10H,2-9H2,1H3. The van der Waals surface area contributed by atoms with Gasteiger partial charge in [0.05, 0.1) is 0 Å². The molecule has 0 spiro atoms. The minimum absolute atomic E-state index is 0.253. The molecule has 2 aliphatic rings. The summed E-state index contributed by atoms with van der Waals surface area (Å²) >= 11 is 0. The quantitative estimate of drug-likeness (QED) is 0.717. The third kappa shape index (κ3) is 2.08. The number of rotatable bonds is 3. The summed E-state index contributed by atoms with van der Waals surface area (Å²) in [4.78, 5) is 12.4. The van der Waals surface area contributed by atoms with E-state index >= 15 is 0 Å². The summed E-state index contributed by atoms with van der Waals surface area (Å²) in [5.74, 6) is 0.592. The van der Waals surface area contributed by atoms with Gasteiger partial charge in [0.1, 0.15) is 5.60 Å². The van der Waals surface area contributed by atoms with E-state index in [4.69, 9.17) is 9.47 Å². The first-order valence-electron chi connectivity index (χ1n) is 5.96. The zero-order valence-corrected chi connectivity index (χ0v) is 9.46. The van der Waals surface area contributed by atoms with E-state index in [0.29, 0.717) is 19.0 Å². The molecule has 2 rings (SSSR count). The van der Waals surface area contributed by atoms with Crippen molar-refractivity contribution in [3.8, 4) is 0 Å². The van der Waals surface area contributed by atoms with Crippen molar-refractivity contribution in [2.24, 2.45) is 5.92 Å². The van der Waals surface area contributed by atoms with E-state index in [0.717, 1.165) is 25.7 Å². The van der Waals surface area contributed by atoms with Crippen molar-refractivity contribution in [1.82, 2.24) is 0 Å². The minimum atomic E-state index is -0.521. The van der Waals surface area contributed by atoms with Crippen LogP contribution in [0.1, 0.15) is 38.5 Å². The summed E-state index contributed by atoms with van der Waals surface area (Å²) in [6, 6.07) is 0. The van der Waals surface area contributed by atoms with E-state index in [-0.39, 0.29) is 5.92 Å². The molecule has 15 heavy (non-hydrogen) atoms. The van der Waals surface area contributed by atoms with Gasteiger partial charge in [-0.05, 0) is 12.8 Å². The lowest BCUT2D eigenvalue weighted by Crippen LogP contribution is -2.48. The molecule has 0 N–H and O–H groups in total. The van der Waals surface area contributed by atoms with Gasteiger partial charge in [0.25, 0.3) is 0 Å². The number of Topliss-reactive ketones (excluding diaryl/α,β-unsaturated/α-hetero) is 1. The second kappa shape index (κ2) is 4.62. The first kappa shape index (κ1) is 11.1. The van der Waals surface area contributed by atoms with E-state index in [1.54, 1.807) is 7.11 Å². The van der Waals surface area contributed by atoms with Crippen molar-refractivity contribution in [1.29, 1.82) is 0 Å². The predicted molar refractivity (Wildman–Crippen MR) is 56.8 cm³/mol. The maximum Gasteiger partial charge on any atom is 0.167 e. The summed E-state index contributed by atoms with van der Waals surface area (Å²) in [6.07, 6.45) is 5.99. The summed E-state index contributed by atoms with van der Waals surface area (Å²) < 4.78 is 10.8. The molecular weight excluding hydrogens is 192 g/mol. The number of ether oxygens (including phenoxy) is 2. The molecule has 0 radical (unpaired) electrons. The van der Waals surface area contributed by atoms with E-state index in [2.05, 4.69) is 0 Å². The highest BCUT2D eigenvalue weighted by atomic mass is 16.5. The van der Waals surface area contributed by atoms with E-state index in [9.17, 15) is 4.79 Å². The van der Waals surface area contributed by atoms with E-state index in [1.807, 2.05) is 0 Å². The largest absolute Gasteiger partial charge is 0.381 e. The molecule has 0 bridgehead atoms. The molecule has 0 unspecified atom stereocenters. The van der Waals surface area contributed by atoms with Crippen LogP contribution < -0.4 is 0 Å². The summed E-state index contributed by atoms with van der Waals surface area (Å²) in [5, 5.41) is 0.